The number of fused-ring (bicyclic) bond motifs is 3. The Balaban J connectivity index is 0.000000174. The molecule has 10 N–H and O–H groups in total. The number of hydrogen-bond donors (Lipinski definition) is 9. The van der Waals surface area contributed by atoms with Crippen LogP contribution in [0.2, 0.25) is 0 Å². The third-order valence-corrected chi connectivity index (χ3v) is 27.4. The molecule has 147 heavy (non-hydrogen) atoms. The molecule has 0 aliphatic carbocycles. The fourth-order valence-electron chi connectivity index (χ4n) is 17.0. The van der Waals surface area contributed by atoms with E-state index in [0.29, 0.717) is 132 Å². The molecule has 2 aliphatic rings. The highest BCUT2D eigenvalue weighted by atomic mass is 32.2. The number of rotatable bonds is 39. The number of aliphatic hydroxyl groups is 4. The standard InChI is InChI=1S/C31H41N5O3.C28H30N4O3S.C27H30N4O5S.C27H30N4O3S/c1-21(2)39-28-12-11-24(18-25(28)19-33)29(38)34-26(13-16-37)17-22-7-9-23(10-8-22)27-20-36(15-6-14-32)30(35-27)31(3,4)5;1-17(2)35-26-10-9-22(13-23(26)14-29)27(34)30-24(11-19(4)33)12-20-5-7-21(8-6-20)25-15-32-18(3)16-36-28(32)31-25;1-17(2)36-25-9-8-21(14-22(25)15-28)26(33)29-23(12-18(3)32)13-19-4-6-20(7-5-19)24-16-31-10-11-37(34,35)27(31)30-24;1-17(2)34-25-9-8-21(14-22(25)15-28)26(33)29-23(12-18(3)32)13-19-4-6-20(7-5-19)24-16-31-10-11-35-27(31)30-24/h7-12,18,20-21,26,37H,6,13-17,32H2,1-5H3,(H,34,38);5-10,13,15-17,19,24,33H,11-12H2,1-4H3,(H,30,34);4-9,14,16-18,23,32H,10-13H2,1-3H3,(H,29,33);4-9,14,16-18,23,32H,10-13H2,1-3H3,(H,29,33)/t26-;19?,24-;2*18?,23-/m1111/s1. The van der Waals surface area contributed by atoms with Crippen molar-refractivity contribution in [2.24, 2.45) is 5.73 Å². The largest absolute Gasteiger partial charge is 0.490 e. The van der Waals surface area contributed by atoms with E-state index in [9.17, 15) is 69.1 Å². The number of benzene rings is 8. The number of nitrogens with zero attached hydrogens (tertiary/aromatic N) is 12. The lowest BCUT2D eigenvalue weighted by Gasteiger charge is -2.21. The summed E-state index contributed by atoms with van der Waals surface area (Å²) >= 11 is 3.39. The molecular weight excluding hydrogens is 1920 g/mol. The third kappa shape index (κ3) is 31.4. The summed E-state index contributed by atoms with van der Waals surface area (Å²) in [4.78, 5) is 71.6. The molecule has 34 heteroatoms. The van der Waals surface area contributed by atoms with Crippen LogP contribution >= 0.6 is 23.1 Å². The zero-order chi connectivity index (χ0) is 106. The third-order valence-electron chi connectivity index (χ3n) is 23.9. The first-order valence-electron chi connectivity index (χ1n) is 49.5. The van der Waals surface area contributed by atoms with Crippen molar-refractivity contribution in [2.45, 2.75) is 264 Å². The van der Waals surface area contributed by atoms with Crippen LogP contribution in [-0.4, -0.2) is 182 Å². The van der Waals surface area contributed by atoms with Gasteiger partial charge < -0.3 is 80.1 Å². The van der Waals surface area contributed by atoms with Crippen LogP contribution in [0, 0.1) is 52.2 Å². The van der Waals surface area contributed by atoms with Gasteiger partial charge in [0.1, 0.15) is 53.1 Å². The van der Waals surface area contributed by atoms with Crippen molar-refractivity contribution in [3.63, 3.8) is 0 Å². The van der Waals surface area contributed by atoms with E-state index in [1.807, 2.05) is 159 Å². The Kier molecular flexibility index (Phi) is 39.2. The van der Waals surface area contributed by atoms with E-state index in [0.717, 1.165) is 108 Å². The Morgan fingerprint density at radius 3 is 1.14 bits per heavy atom. The number of thiazole rings is 1. The van der Waals surface area contributed by atoms with Gasteiger partial charge in [-0.2, -0.15) is 21.0 Å². The number of ether oxygens (including phenoxy) is 4. The highest BCUT2D eigenvalue weighted by molar-refractivity contribution is 7.99. The van der Waals surface area contributed by atoms with Crippen LogP contribution in [0.25, 0.3) is 50.0 Å². The molecule has 0 fully saturated rings. The van der Waals surface area contributed by atoms with Crippen LogP contribution < -0.4 is 45.9 Å². The zero-order valence-corrected chi connectivity index (χ0v) is 88.2. The summed E-state index contributed by atoms with van der Waals surface area (Å²) < 4.78 is 54.9. The summed E-state index contributed by atoms with van der Waals surface area (Å²) in [5, 5.41) is 92.9. The van der Waals surface area contributed by atoms with Gasteiger partial charge in [-0.3, -0.25) is 23.6 Å². The van der Waals surface area contributed by atoms with E-state index < -0.39 is 28.1 Å². The zero-order valence-electron chi connectivity index (χ0n) is 85.8. The maximum absolute atomic E-state index is 13.0. The van der Waals surface area contributed by atoms with Crippen LogP contribution in [0.15, 0.2) is 210 Å². The molecule has 31 nitrogen and oxygen atoms in total. The van der Waals surface area contributed by atoms with Gasteiger partial charge in [-0.15, -0.1) is 11.3 Å². The number of imidazole rings is 4. The number of aromatic nitrogens is 8. The summed E-state index contributed by atoms with van der Waals surface area (Å²) in [6, 6.07) is 58.5. The van der Waals surface area contributed by atoms with Gasteiger partial charge in [0, 0.05) is 142 Å². The smallest absolute Gasteiger partial charge is 0.251 e. The van der Waals surface area contributed by atoms with Crippen molar-refractivity contribution >= 4 is 61.5 Å². The van der Waals surface area contributed by atoms with Gasteiger partial charge >= 0.3 is 0 Å². The van der Waals surface area contributed by atoms with Gasteiger partial charge in [0.15, 0.2) is 10.1 Å². The molecule has 0 radical (unpaired) electrons. The molecule has 8 aromatic carbocycles. The molecule has 4 amide bonds. The number of carbonyl (C=O) groups is 4. The van der Waals surface area contributed by atoms with Crippen molar-refractivity contribution in [1.29, 1.82) is 21.0 Å². The Bertz CT molecular complexity index is 6990. The number of amides is 4. The van der Waals surface area contributed by atoms with Crippen LogP contribution in [0.5, 0.6) is 23.0 Å². The van der Waals surface area contributed by atoms with Crippen LogP contribution in [-0.2, 0) is 60.6 Å². The van der Waals surface area contributed by atoms with E-state index >= 15 is 0 Å². The average molecular weight is 2050 g/mol. The molecule has 5 aromatic heterocycles. The molecule has 0 saturated carbocycles. The molecule has 770 valence electrons. The van der Waals surface area contributed by atoms with E-state index in [4.69, 9.17) is 39.6 Å². The fraction of sp³-hybridized carbons (Fsp3) is 0.381. The normalized spacial score (nSPS) is 13.7. The lowest BCUT2D eigenvalue weighted by Crippen LogP contribution is -2.38. The quantitative estimate of drug-likeness (QED) is 0.0173. The minimum Gasteiger partial charge on any atom is -0.490 e. The van der Waals surface area contributed by atoms with E-state index in [1.54, 1.807) is 115 Å². The maximum atomic E-state index is 13.0. The number of nitriles is 4. The van der Waals surface area contributed by atoms with Gasteiger partial charge in [0.05, 0.1) is 93.5 Å². The molecule has 7 heterocycles. The van der Waals surface area contributed by atoms with E-state index in [-0.39, 0.29) is 101 Å². The van der Waals surface area contributed by atoms with Crippen molar-refractivity contribution in [2.75, 3.05) is 24.7 Å². The topological polar surface area (TPSA) is 460 Å². The Hall–Kier alpha value is -14.3. The number of thioether (sulfide) groups is 1. The number of sulfone groups is 1. The first kappa shape index (κ1) is 111. The highest BCUT2D eigenvalue weighted by Crippen LogP contribution is 2.35. The van der Waals surface area contributed by atoms with Gasteiger partial charge in [0.2, 0.25) is 15.0 Å². The maximum Gasteiger partial charge on any atom is 0.251 e. The molecule has 15 rings (SSSR count). The fourth-order valence-corrected chi connectivity index (χ4v) is 20.2. The molecular formula is C113H131N17O14S3. The minimum atomic E-state index is -3.31. The summed E-state index contributed by atoms with van der Waals surface area (Å²) in [6.45, 7) is 31.5. The number of nitrogens with two attached hydrogens (primary N) is 1. The molecule has 0 bridgehead atoms. The number of carbonyl (C=O) groups excluding carboxylic acids is 4. The molecule has 2 aliphatic heterocycles. The average Bonchev–Trinajstić information content (AvgIpc) is 1.56. The number of aryl methyl sites for hydroxylation is 4. The molecule has 13 aromatic rings. The van der Waals surface area contributed by atoms with E-state index in [1.165, 1.54) is 12.1 Å². The second-order valence-corrected chi connectivity index (χ2v) is 43.0. The first-order valence-corrected chi connectivity index (χ1v) is 53.0. The Morgan fingerprint density at radius 2 is 0.810 bits per heavy atom. The molecule has 3 unspecified atom stereocenters. The van der Waals surface area contributed by atoms with Crippen LogP contribution in [0.1, 0.15) is 226 Å². The van der Waals surface area contributed by atoms with Crippen LogP contribution in [0.3, 0.4) is 0 Å². The van der Waals surface area contributed by atoms with Gasteiger partial charge in [-0.1, -0.05) is 130 Å². The van der Waals surface area contributed by atoms with Crippen molar-refractivity contribution in [3.05, 3.63) is 278 Å². The van der Waals surface area contributed by atoms with Gasteiger partial charge in [-0.25, -0.2) is 28.4 Å². The predicted molar refractivity (Wildman–Crippen MR) is 569 cm³/mol. The Labute approximate surface area is 868 Å². The SMILES string of the molecule is CC(C)Oc1ccc(C(=O)N[C@H](CCO)Cc2ccc(-c3cn(CCCN)c(C(C)(C)C)n3)cc2)cc1C#N.CC(O)C[C@H](Cc1ccc(-c2cn3c(n2)S(=O)(=O)CC3)cc1)NC(=O)c1ccc(OC(C)C)c(C#N)c1.CC(O)C[C@H](Cc1ccc(-c2cn3c(n2)SCC3)cc1)NC(=O)c1ccc(OC(C)C)c(C#N)c1.Cc1csc2nc(-c3ccc(C[C@@H](CC(C)O)NC(=O)c4ccc(OC(C)C)c(C#N)c4)cc3)cn12. The second kappa shape index (κ2) is 51.7. The van der Waals surface area contributed by atoms with Crippen molar-refractivity contribution < 1.29 is 67.0 Å². The summed E-state index contributed by atoms with van der Waals surface area (Å²) in [7, 11) is -3.31. The predicted octanol–water partition coefficient (Wildman–Crippen LogP) is 17.3. The summed E-state index contributed by atoms with van der Waals surface area (Å²) in [5.74, 6) is 2.76. The highest BCUT2D eigenvalue weighted by Gasteiger charge is 2.32. The van der Waals surface area contributed by atoms with E-state index in [2.05, 4.69) is 110 Å². The van der Waals surface area contributed by atoms with Gasteiger partial charge in [0.25, 0.3) is 23.6 Å². The van der Waals surface area contributed by atoms with Crippen LogP contribution in [0.4, 0.5) is 0 Å². The molecule has 0 spiro atoms. The number of hydrogen-bond acceptors (Lipinski definition) is 25. The lowest BCUT2D eigenvalue weighted by atomic mass is 9.95. The number of aliphatic hydroxyl groups excluding tert-OH is 4. The summed E-state index contributed by atoms with van der Waals surface area (Å²) in [5.41, 5.74) is 20.9. The second-order valence-electron chi connectivity index (χ2n) is 39.1. The summed E-state index contributed by atoms with van der Waals surface area (Å²) in [6.07, 6.45) is 10.5. The lowest BCUT2D eigenvalue weighted by molar-refractivity contribution is 0.0906. The van der Waals surface area contributed by atoms with Crippen molar-refractivity contribution in [1.82, 2.24) is 59.3 Å². The minimum absolute atomic E-state index is 0.0521. The number of nitrogens with one attached hydrogen (secondary N) is 4. The molecule has 7 atom stereocenters. The Morgan fingerprint density at radius 1 is 0.463 bits per heavy atom. The van der Waals surface area contributed by atoms with Crippen molar-refractivity contribution in [3.8, 4) is 92.3 Å². The molecule has 0 saturated heterocycles. The first-order chi connectivity index (χ1) is 70.1. The monoisotopic (exact) mass is 2050 g/mol. The van der Waals surface area contributed by atoms with Gasteiger partial charge in [-0.05, 0) is 242 Å².